The normalized spacial score (nSPS) is 15.3. The molecule has 9 heteroatoms. The van der Waals surface area contributed by atoms with Crippen molar-refractivity contribution in [3.63, 3.8) is 0 Å². The number of aryl methyl sites for hydroxylation is 1. The average molecular weight is 402 g/mol. The molecule has 1 unspecified atom stereocenters. The highest BCUT2D eigenvalue weighted by atomic mass is 16.2. The predicted octanol–water partition coefficient (Wildman–Crippen LogP) is 2.29. The lowest BCUT2D eigenvalue weighted by atomic mass is 10.1. The zero-order valence-corrected chi connectivity index (χ0v) is 17.0. The van der Waals surface area contributed by atoms with Crippen LogP contribution in [0, 0.1) is 18.3 Å². The second-order valence-electron chi connectivity index (χ2n) is 7.32. The lowest BCUT2D eigenvalue weighted by Gasteiger charge is -2.32. The summed E-state index contributed by atoms with van der Waals surface area (Å²) in [5.41, 5.74) is 4.08. The Balaban J connectivity index is 1.44. The summed E-state index contributed by atoms with van der Waals surface area (Å²) in [6.45, 7) is 4.84. The molecular weight excluding hydrogens is 380 g/mol. The number of carbonyl (C=O) groups is 1. The Labute approximate surface area is 174 Å². The van der Waals surface area contributed by atoms with Crippen LogP contribution in [0.5, 0.6) is 0 Å². The minimum absolute atomic E-state index is 0.0629. The predicted molar refractivity (Wildman–Crippen MR) is 113 cm³/mol. The molecule has 30 heavy (non-hydrogen) atoms. The summed E-state index contributed by atoms with van der Waals surface area (Å²) in [6, 6.07) is 9.29. The van der Waals surface area contributed by atoms with Gasteiger partial charge in [0.2, 0.25) is 11.9 Å². The third kappa shape index (κ3) is 3.80. The van der Waals surface area contributed by atoms with Crippen LogP contribution >= 0.6 is 0 Å². The number of anilines is 3. The maximum atomic E-state index is 12.0. The van der Waals surface area contributed by atoms with Gasteiger partial charge in [-0.3, -0.25) is 9.48 Å². The number of nitrogens with zero attached hydrogens (tertiary/aromatic N) is 6. The molecule has 0 aliphatic carbocycles. The van der Waals surface area contributed by atoms with E-state index in [1.807, 2.05) is 48.8 Å². The molecule has 1 aliphatic heterocycles. The van der Waals surface area contributed by atoms with Crippen molar-refractivity contribution >= 4 is 23.4 Å². The number of hydrogen-bond donors (Lipinski definition) is 2. The highest BCUT2D eigenvalue weighted by Gasteiger charge is 2.30. The molecule has 9 nitrogen and oxygen atoms in total. The van der Waals surface area contributed by atoms with Crippen LogP contribution in [-0.4, -0.2) is 38.7 Å². The summed E-state index contributed by atoms with van der Waals surface area (Å²) in [5, 5.41) is 19.4. The van der Waals surface area contributed by atoms with Crippen LogP contribution in [-0.2, 0) is 17.9 Å². The van der Waals surface area contributed by atoms with Crippen molar-refractivity contribution in [2.24, 2.45) is 0 Å². The molecule has 0 fully saturated rings. The fourth-order valence-corrected chi connectivity index (χ4v) is 3.26. The number of fused-ring (bicyclic) bond motifs is 1. The third-order valence-corrected chi connectivity index (χ3v) is 5.18. The summed E-state index contributed by atoms with van der Waals surface area (Å²) < 4.78 is 1.85. The van der Waals surface area contributed by atoms with E-state index in [4.69, 9.17) is 5.26 Å². The van der Waals surface area contributed by atoms with Gasteiger partial charge in [-0.2, -0.15) is 15.3 Å². The molecule has 3 heterocycles. The highest BCUT2D eigenvalue weighted by molar-refractivity contribution is 6.03. The molecule has 1 aromatic carbocycles. The Morgan fingerprint density at radius 1 is 1.23 bits per heavy atom. The van der Waals surface area contributed by atoms with Crippen LogP contribution in [0.3, 0.4) is 0 Å². The van der Waals surface area contributed by atoms with Crippen LogP contribution in [0.15, 0.2) is 36.7 Å². The number of nitrogens with one attached hydrogen (secondary N) is 2. The number of carbonyl (C=O) groups excluding carboxylic acids is 1. The Morgan fingerprint density at radius 2 is 2.00 bits per heavy atom. The van der Waals surface area contributed by atoms with Gasteiger partial charge < -0.3 is 15.5 Å². The maximum Gasteiger partial charge on any atom is 0.246 e. The molecule has 0 radical (unpaired) electrons. The summed E-state index contributed by atoms with van der Waals surface area (Å²) in [4.78, 5) is 22.9. The van der Waals surface area contributed by atoms with E-state index >= 15 is 0 Å². The molecule has 0 saturated carbocycles. The second kappa shape index (κ2) is 7.83. The second-order valence-corrected chi connectivity index (χ2v) is 7.32. The van der Waals surface area contributed by atoms with Crippen LogP contribution < -0.4 is 15.5 Å². The van der Waals surface area contributed by atoms with Crippen molar-refractivity contribution < 1.29 is 4.79 Å². The van der Waals surface area contributed by atoms with Crippen molar-refractivity contribution in [1.82, 2.24) is 19.7 Å². The van der Waals surface area contributed by atoms with Gasteiger partial charge in [0.25, 0.3) is 0 Å². The zero-order chi connectivity index (χ0) is 21.3. The molecule has 1 amide bonds. The van der Waals surface area contributed by atoms with Gasteiger partial charge in [0.1, 0.15) is 11.7 Å². The number of amides is 1. The molecule has 0 saturated heterocycles. The quantitative estimate of drug-likeness (QED) is 0.673. The smallest absolute Gasteiger partial charge is 0.246 e. The Bertz CT molecular complexity index is 1130. The van der Waals surface area contributed by atoms with E-state index in [9.17, 15) is 4.79 Å². The highest BCUT2D eigenvalue weighted by Crippen LogP contribution is 2.32. The molecular formula is C21H22N8O. The van der Waals surface area contributed by atoms with Gasteiger partial charge in [0, 0.05) is 25.4 Å². The van der Waals surface area contributed by atoms with Crippen molar-refractivity contribution in [2.45, 2.75) is 33.0 Å². The first-order valence-corrected chi connectivity index (χ1v) is 9.61. The maximum absolute atomic E-state index is 12.0. The topological polar surface area (TPSA) is 112 Å². The summed E-state index contributed by atoms with van der Waals surface area (Å²) in [6.07, 6.45) is 3.77. The Kier molecular flexibility index (Phi) is 5.06. The van der Waals surface area contributed by atoms with E-state index in [2.05, 4.69) is 31.8 Å². The van der Waals surface area contributed by atoms with Gasteiger partial charge >= 0.3 is 0 Å². The van der Waals surface area contributed by atoms with E-state index in [-0.39, 0.29) is 11.9 Å². The van der Waals surface area contributed by atoms with Gasteiger partial charge in [-0.15, -0.1) is 0 Å². The number of likely N-dealkylation sites (N-methyl/N-ethyl adjacent to an activating group) is 1. The average Bonchev–Trinajstić information content (AvgIpc) is 3.19. The first-order chi connectivity index (χ1) is 14.4. The van der Waals surface area contributed by atoms with Crippen molar-refractivity contribution in [2.75, 3.05) is 22.6 Å². The van der Waals surface area contributed by atoms with Crippen LogP contribution in [0.4, 0.5) is 17.5 Å². The minimum Gasteiger partial charge on any atom is -0.350 e. The fraction of sp³-hybridized carbons (Fsp3) is 0.286. The summed E-state index contributed by atoms with van der Waals surface area (Å²) in [5.74, 6) is 1.14. The van der Waals surface area contributed by atoms with Crippen molar-refractivity contribution in [3.8, 4) is 6.07 Å². The van der Waals surface area contributed by atoms with E-state index in [1.54, 1.807) is 18.3 Å². The molecule has 3 aromatic rings. The summed E-state index contributed by atoms with van der Waals surface area (Å²) in [7, 11) is 1.85. The molecule has 1 aliphatic rings. The molecule has 2 N–H and O–H groups in total. The first-order valence-electron chi connectivity index (χ1n) is 9.61. The molecule has 0 bridgehead atoms. The number of rotatable bonds is 5. The SMILES string of the molecule is Cc1nc(NCc2cnn(Cc3ccc(C#N)cc3)c2)nc2c1NC(=O)C(C)N2C. The van der Waals surface area contributed by atoms with Gasteiger partial charge in [-0.25, -0.2) is 4.98 Å². The monoisotopic (exact) mass is 402 g/mol. The standard InChI is InChI=1S/C21H22N8O/c1-13-18-19(28(3)14(2)20(30)26-18)27-21(25-13)23-9-17-10-24-29(12-17)11-16-6-4-15(8-22)5-7-16/h4-7,10,12,14H,9,11H2,1-3H3,(H,26,30)(H,23,25,27). The molecule has 0 spiro atoms. The largest absolute Gasteiger partial charge is 0.350 e. The molecule has 1 atom stereocenters. The van der Waals surface area contributed by atoms with E-state index < -0.39 is 0 Å². The fourth-order valence-electron chi connectivity index (χ4n) is 3.26. The van der Waals surface area contributed by atoms with Crippen LogP contribution in [0.25, 0.3) is 0 Å². The summed E-state index contributed by atoms with van der Waals surface area (Å²) >= 11 is 0. The van der Waals surface area contributed by atoms with Gasteiger partial charge in [0.05, 0.1) is 30.1 Å². The number of hydrogen-bond acceptors (Lipinski definition) is 7. The molecule has 4 rings (SSSR count). The van der Waals surface area contributed by atoms with E-state index in [0.717, 1.165) is 11.1 Å². The first kappa shape index (κ1) is 19.4. The number of benzene rings is 1. The lowest BCUT2D eigenvalue weighted by molar-refractivity contribution is -0.117. The van der Waals surface area contributed by atoms with Gasteiger partial charge in [-0.05, 0) is 31.5 Å². The number of nitriles is 1. The molecule has 2 aromatic heterocycles. The Hall–Kier alpha value is -3.93. The van der Waals surface area contributed by atoms with Gasteiger partial charge in [0.15, 0.2) is 5.82 Å². The minimum atomic E-state index is -0.292. The molecule has 152 valence electrons. The zero-order valence-electron chi connectivity index (χ0n) is 17.0. The van der Waals surface area contributed by atoms with Crippen LogP contribution in [0.1, 0.15) is 29.3 Å². The van der Waals surface area contributed by atoms with Crippen molar-refractivity contribution in [1.29, 1.82) is 5.26 Å². The van der Waals surface area contributed by atoms with Crippen LogP contribution in [0.2, 0.25) is 0 Å². The number of aromatic nitrogens is 4. The Morgan fingerprint density at radius 3 is 2.73 bits per heavy atom. The third-order valence-electron chi connectivity index (χ3n) is 5.18. The van der Waals surface area contributed by atoms with Crippen molar-refractivity contribution in [3.05, 3.63) is 59.0 Å². The lowest BCUT2D eigenvalue weighted by Crippen LogP contribution is -2.44. The van der Waals surface area contributed by atoms with E-state index in [1.165, 1.54) is 0 Å². The van der Waals surface area contributed by atoms with Gasteiger partial charge in [-0.1, -0.05) is 12.1 Å². The van der Waals surface area contributed by atoms with E-state index in [0.29, 0.717) is 41.8 Å².